The maximum absolute atomic E-state index is 13.1. The highest BCUT2D eigenvalue weighted by Crippen LogP contribution is 2.31. The molecule has 0 heterocycles. The van der Waals surface area contributed by atoms with Gasteiger partial charge in [0.05, 0.1) is 0 Å². The molecule has 1 aliphatic rings. The molecule has 1 atom stereocenters. The first-order chi connectivity index (χ1) is 7.81. The number of methoxy groups -OCH3 is 1. The van der Waals surface area contributed by atoms with Crippen molar-refractivity contribution in [2.45, 2.75) is 25.3 Å². The Kier molecular flexibility index (Phi) is 3.91. The van der Waals surface area contributed by atoms with Crippen molar-refractivity contribution in [2.24, 2.45) is 0 Å². The van der Waals surface area contributed by atoms with Gasteiger partial charge in [-0.25, -0.2) is 4.39 Å². The van der Waals surface area contributed by atoms with E-state index in [1.165, 1.54) is 5.56 Å². The Labute approximate surface area is 95.8 Å². The molecule has 0 radical (unpaired) electrons. The number of rotatable bonds is 5. The van der Waals surface area contributed by atoms with Gasteiger partial charge < -0.3 is 10.1 Å². The van der Waals surface area contributed by atoms with Crippen LogP contribution in [0.15, 0.2) is 18.2 Å². The first kappa shape index (κ1) is 11.6. The van der Waals surface area contributed by atoms with Crippen LogP contribution in [0.25, 0.3) is 0 Å². The fraction of sp³-hybridized carbons (Fsp3) is 0.538. The SMILES string of the molecule is COCCCNC1CCc2ccc(F)cc21. The van der Waals surface area contributed by atoms with E-state index in [1.54, 1.807) is 19.2 Å². The van der Waals surface area contributed by atoms with Crippen LogP contribution in [0.4, 0.5) is 4.39 Å². The molecule has 2 rings (SSSR count). The van der Waals surface area contributed by atoms with E-state index in [2.05, 4.69) is 5.32 Å². The maximum Gasteiger partial charge on any atom is 0.123 e. The van der Waals surface area contributed by atoms with E-state index in [4.69, 9.17) is 4.74 Å². The molecule has 0 amide bonds. The van der Waals surface area contributed by atoms with Crippen molar-refractivity contribution in [2.75, 3.05) is 20.3 Å². The van der Waals surface area contributed by atoms with Crippen molar-refractivity contribution in [1.29, 1.82) is 0 Å². The normalized spacial score (nSPS) is 18.8. The predicted octanol–water partition coefficient (Wildman–Crippen LogP) is 2.44. The zero-order chi connectivity index (χ0) is 11.4. The van der Waals surface area contributed by atoms with Crippen LogP contribution in [0, 0.1) is 5.82 Å². The molecule has 1 aromatic rings. The highest BCUT2D eigenvalue weighted by atomic mass is 19.1. The topological polar surface area (TPSA) is 21.3 Å². The lowest BCUT2D eigenvalue weighted by Gasteiger charge is -2.13. The van der Waals surface area contributed by atoms with E-state index in [0.717, 1.165) is 38.0 Å². The third-order valence-electron chi connectivity index (χ3n) is 3.10. The summed E-state index contributed by atoms with van der Waals surface area (Å²) < 4.78 is 18.1. The second-order valence-electron chi connectivity index (χ2n) is 4.23. The highest BCUT2D eigenvalue weighted by molar-refractivity contribution is 5.34. The fourth-order valence-corrected chi connectivity index (χ4v) is 2.28. The van der Waals surface area contributed by atoms with Crippen LogP contribution in [0.3, 0.4) is 0 Å². The summed E-state index contributed by atoms with van der Waals surface area (Å²) in [6.07, 6.45) is 3.13. The lowest BCUT2D eigenvalue weighted by molar-refractivity contribution is 0.193. The van der Waals surface area contributed by atoms with Crippen LogP contribution in [0.5, 0.6) is 0 Å². The number of halogens is 1. The first-order valence-electron chi connectivity index (χ1n) is 5.82. The highest BCUT2D eigenvalue weighted by Gasteiger charge is 2.21. The van der Waals surface area contributed by atoms with Crippen molar-refractivity contribution in [3.05, 3.63) is 35.1 Å². The quantitative estimate of drug-likeness (QED) is 0.774. The molecule has 1 aliphatic carbocycles. The molecule has 0 fully saturated rings. The molecule has 1 unspecified atom stereocenters. The number of benzene rings is 1. The van der Waals surface area contributed by atoms with Crippen LogP contribution >= 0.6 is 0 Å². The zero-order valence-corrected chi connectivity index (χ0v) is 9.63. The van der Waals surface area contributed by atoms with Gasteiger partial charge in [0.15, 0.2) is 0 Å². The van der Waals surface area contributed by atoms with Gasteiger partial charge >= 0.3 is 0 Å². The van der Waals surface area contributed by atoms with Gasteiger partial charge in [0.1, 0.15) is 5.82 Å². The summed E-state index contributed by atoms with van der Waals surface area (Å²) >= 11 is 0. The van der Waals surface area contributed by atoms with E-state index in [1.807, 2.05) is 6.07 Å². The molecule has 1 aromatic carbocycles. The number of ether oxygens (including phenoxy) is 1. The fourth-order valence-electron chi connectivity index (χ4n) is 2.28. The lowest BCUT2D eigenvalue weighted by Crippen LogP contribution is -2.21. The average molecular weight is 223 g/mol. The minimum absolute atomic E-state index is 0.135. The average Bonchev–Trinajstić information content (AvgIpc) is 2.67. The Bertz CT molecular complexity index is 354. The summed E-state index contributed by atoms with van der Waals surface area (Å²) in [6, 6.07) is 5.44. The Morgan fingerprint density at radius 3 is 3.19 bits per heavy atom. The van der Waals surface area contributed by atoms with Gasteiger partial charge in [0, 0.05) is 19.8 Å². The van der Waals surface area contributed by atoms with Gasteiger partial charge in [-0.1, -0.05) is 6.07 Å². The number of fused-ring (bicyclic) bond motifs is 1. The summed E-state index contributed by atoms with van der Waals surface area (Å²) in [5, 5.41) is 3.45. The van der Waals surface area contributed by atoms with E-state index < -0.39 is 0 Å². The number of hydrogen-bond donors (Lipinski definition) is 1. The molecular weight excluding hydrogens is 205 g/mol. The molecule has 1 N–H and O–H groups in total. The Morgan fingerprint density at radius 2 is 2.38 bits per heavy atom. The zero-order valence-electron chi connectivity index (χ0n) is 9.63. The van der Waals surface area contributed by atoms with Gasteiger partial charge in [0.2, 0.25) is 0 Å². The minimum Gasteiger partial charge on any atom is -0.385 e. The van der Waals surface area contributed by atoms with Crippen molar-refractivity contribution >= 4 is 0 Å². The molecule has 0 bridgehead atoms. The molecule has 0 aliphatic heterocycles. The van der Waals surface area contributed by atoms with Gasteiger partial charge in [-0.05, 0) is 49.1 Å². The van der Waals surface area contributed by atoms with Crippen LogP contribution in [0.2, 0.25) is 0 Å². The third-order valence-corrected chi connectivity index (χ3v) is 3.10. The van der Waals surface area contributed by atoms with Crippen molar-refractivity contribution in [1.82, 2.24) is 5.32 Å². The van der Waals surface area contributed by atoms with Crippen molar-refractivity contribution in [3.8, 4) is 0 Å². The van der Waals surface area contributed by atoms with E-state index in [-0.39, 0.29) is 5.82 Å². The predicted molar refractivity (Wildman–Crippen MR) is 62.0 cm³/mol. The van der Waals surface area contributed by atoms with Gasteiger partial charge in [-0.15, -0.1) is 0 Å². The van der Waals surface area contributed by atoms with E-state index >= 15 is 0 Å². The number of aryl methyl sites for hydroxylation is 1. The van der Waals surface area contributed by atoms with Gasteiger partial charge in [0.25, 0.3) is 0 Å². The second-order valence-corrected chi connectivity index (χ2v) is 4.23. The standard InChI is InChI=1S/C13H18FNO/c1-16-8-2-7-15-13-6-4-10-3-5-11(14)9-12(10)13/h3,5,9,13,15H,2,4,6-8H2,1H3. The van der Waals surface area contributed by atoms with Gasteiger partial charge in [-0.3, -0.25) is 0 Å². The maximum atomic E-state index is 13.1. The monoisotopic (exact) mass is 223 g/mol. The summed E-state index contributed by atoms with van der Waals surface area (Å²) in [6.45, 7) is 1.70. The smallest absolute Gasteiger partial charge is 0.123 e. The molecule has 0 aromatic heterocycles. The summed E-state index contributed by atoms with van der Waals surface area (Å²) in [7, 11) is 1.71. The summed E-state index contributed by atoms with van der Waals surface area (Å²) in [5.41, 5.74) is 2.42. The second kappa shape index (κ2) is 5.41. The van der Waals surface area contributed by atoms with Crippen LogP contribution < -0.4 is 5.32 Å². The molecule has 16 heavy (non-hydrogen) atoms. The number of nitrogens with one attached hydrogen (secondary N) is 1. The first-order valence-corrected chi connectivity index (χ1v) is 5.82. The molecular formula is C13H18FNO. The molecule has 0 spiro atoms. The molecule has 0 saturated carbocycles. The summed E-state index contributed by atoms with van der Waals surface area (Å²) in [5.74, 6) is -0.135. The minimum atomic E-state index is -0.135. The van der Waals surface area contributed by atoms with Crippen molar-refractivity contribution < 1.29 is 9.13 Å². The number of hydrogen-bond acceptors (Lipinski definition) is 2. The molecule has 88 valence electrons. The van der Waals surface area contributed by atoms with Crippen LogP contribution in [-0.2, 0) is 11.2 Å². The largest absolute Gasteiger partial charge is 0.385 e. The Morgan fingerprint density at radius 1 is 1.50 bits per heavy atom. The summed E-state index contributed by atoms with van der Waals surface area (Å²) in [4.78, 5) is 0. The lowest BCUT2D eigenvalue weighted by atomic mass is 10.1. The molecule has 3 heteroatoms. The van der Waals surface area contributed by atoms with E-state index in [9.17, 15) is 4.39 Å². The van der Waals surface area contributed by atoms with Gasteiger partial charge in [-0.2, -0.15) is 0 Å². The Hall–Kier alpha value is -0.930. The molecule has 0 saturated heterocycles. The third kappa shape index (κ3) is 2.60. The molecule has 2 nitrogen and oxygen atoms in total. The van der Waals surface area contributed by atoms with Crippen LogP contribution in [-0.4, -0.2) is 20.3 Å². The van der Waals surface area contributed by atoms with E-state index in [0.29, 0.717) is 6.04 Å². The van der Waals surface area contributed by atoms with Crippen LogP contribution in [0.1, 0.15) is 30.0 Å². The Balaban J connectivity index is 1.92. The van der Waals surface area contributed by atoms with Crippen molar-refractivity contribution in [3.63, 3.8) is 0 Å².